The number of hydrogen-bond donors (Lipinski definition) is 1. The molecule has 0 bridgehead atoms. The molecule has 21 heavy (non-hydrogen) atoms. The molecule has 1 aromatic rings. The number of hydrogen-bond acceptors (Lipinski definition) is 4. The minimum absolute atomic E-state index is 0. The van der Waals surface area contributed by atoms with Crippen molar-refractivity contribution in [2.45, 2.75) is 39.0 Å². The van der Waals surface area contributed by atoms with E-state index in [1.165, 1.54) is 0 Å². The largest absolute Gasteiger partial charge is 0.444 e. The number of aliphatic imine (C=N–C) groups is 1. The molecule has 1 aliphatic heterocycles. The molecule has 0 spiro atoms. The van der Waals surface area contributed by atoms with Gasteiger partial charge in [-0.25, -0.2) is 4.98 Å². The summed E-state index contributed by atoms with van der Waals surface area (Å²) >= 11 is 2.02. The van der Waals surface area contributed by atoms with Crippen molar-refractivity contribution < 1.29 is 4.42 Å². The Morgan fingerprint density at radius 3 is 2.71 bits per heavy atom. The number of guanidine groups is 1. The van der Waals surface area contributed by atoms with Crippen LogP contribution in [0.2, 0.25) is 0 Å². The van der Waals surface area contributed by atoms with Gasteiger partial charge in [0.15, 0.2) is 5.96 Å². The topological polar surface area (TPSA) is 53.7 Å². The smallest absolute Gasteiger partial charge is 0.214 e. The first-order valence-electron chi connectivity index (χ1n) is 6.94. The molecule has 5 nitrogen and oxygen atoms in total. The van der Waals surface area contributed by atoms with Crippen molar-refractivity contribution >= 4 is 41.7 Å². The van der Waals surface area contributed by atoms with Gasteiger partial charge in [-0.1, -0.05) is 0 Å². The van der Waals surface area contributed by atoms with Crippen molar-refractivity contribution in [3.8, 4) is 0 Å². The minimum Gasteiger partial charge on any atom is -0.444 e. The molecular formula is C14H25IN4OS. The highest BCUT2D eigenvalue weighted by atomic mass is 127. The van der Waals surface area contributed by atoms with Crippen LogP contribution in [0.5, 0.6) is 0 Å². The van der Waals surface area contributed by atoms with Gasteiger partial charge in [0.05, 0.1) is 12.2 Å². The van der Waals surface area contributed by atoms with E-state index in [9.17, 15) is 0 Å². The Bertz CT molecular complexity index is 482. The van der Waals surface area contributed by atoms with E-state index < -0.39 is 0 Å². The van der Waals surface area contributed by atoms with Gasteiger partial charge >= 0.3 is 0 Å². The first-order valence-corrected chi connectivity index (χ1v) is 7.92. The fourth-order valence-corrected chi connectivity index (χ4v) is 3.41. The fourth-order valence-electron chi connectivity index (χ4n) is 2.30. The molecule has 0 unspecified atom stereocenters. The summed E-state index contributed by atoms with van der Waals surface area (Å²) in [4.78, 5) is 11.1. The molecule has 2 rings (SSSR count). The third-order valence-corrected chi connectivity index (χ3v) is 4.70. The van der Waals surface area contributed by atoms with Gasteiger partial charge < -0.3 is 14.6 Å². The first-order chi connectivity index (χ1) is 9.41. The molecule has 1 aliphatic rings. The van der Waals surface area contributed by atoms with Gasteiger partial charge in [0.1, 0.15) is 5.76 Å². The average molecular weight is 424 g/mol. The number of nitrogens with zero attached hydrogens (tertiary/aromatic N) is 3. The van der Waals surface area contributed by atoms with Gasteiger partial charge in [-0.15, -0.1) is 24.0 Å². The summed E-state index contributed by atoms with van der Waals surface area (Å²) in [5.41, 5.74) is 0.951. The van der Waals surface area contributed by atoms with Crippen molar-refractivity contribution in [1.82, 2.24) is 15.2 Å². The van der Waals surface area contributed by atoms with Crippen LogP contribution in [0.15, 0.2) is 9.41 Å². The van der Waals surface area contributed by atoms with E-state index in [2.05, 4.69) is 34.0 Å². The normalized spacial score (nSPS) is 18.3. The molecule has 1 fully saturated rings. The lowest BCUT2D eigenvalue weighted by Crippen LogP contribution is -2.50. The zero-order chi connectivity index (χ0) is 14.8. The zero-order valence-electron chi connectivity index (χ0n) is 13.4. The molecule has 0 saturated carbocycles. The van der Waals surface area contributed by atoms with Crippen LogP contribution in [0.4, 0.5) is 0 Å². The summed E-state index contributed by atoms with van der Waals surface area (Å²) in [7, 11) is 1.82. The Morgan fingerprint density at radius 1 is 1.48 bits per heavy atom. The first kappa shape index (κ1) is 18.6. The van der Waals surface area contributed by atoms with E-state index in [4.69, 9.17) is 4.42 Å². The highest BCUT2D eigenvalue weighted by Gasteiger charge is 2.28. The highest BCUT2D eigenvalue weighted by molar-refractivity contribution is 14.0. The van der Waals surface area contributed by atoms with Crippen LogP contribution >= 0.6 is 35.7 Å². The van der Waals surface area contributed by atoms with Crippen molar-refractivity contribution in [3.63, 3.8) is 0 Å². The van der Waals surface area contributed by atoms with Crippen LogP contribution < -0.4 is 5.32 Å². The van der Waals surface area contributed by atoms with Gasteiger partial charge in [-0.2, -0.15) is 11.8 Å². The number of aromatic nitrogens is 1. The maximum atomic E-state index is 5.59. The molecule has 120 valence electrons. The van der Waals surface area contributed by atoms with Crippen molar-refractivity contribution in [2.75, 3.05) is 25.9 Å². The molecule has 0 atom stereocenters. The molecular weight excluding hydrogens is 399 g/mol. The fraction of sp³-hybridized carbons (Fsp3) is 0.714. The van der Waals surface area contributed by atoms with Crippen LogP contribution in [-0.4, -0.2) is 46.5 Å². The number of thioether (sulfide) groups is 1. The van der Waals surface area contributed by atoms with Gasteiger partial charge in [0.25, 0.3) is 0 Å². The number of rotatable bonds is 2. The molecule has 1 N–H and O–H groups in total. The quantitative estimate of drug-likeness (QED) is 0.450. The van der Waals surface area contributed by atoms with E-state index in [-0.39, 0.29) is 28.7 Å². The Kier molecular flexibility index (Phi) is 6.83. The summed E-state index contributed by atoms with van der Waals surface area (Å²) < 4.78 is 5.86. The number of aryl methyl sites for hydroxylation is 2. The third-order valence-electron chi connectivity index (χ3n) is 3.41. The van der Waals surface area contributed by atoms with Crippen LogP contribution in [-0.2, 0) is 6.54 Å². The Morgan fingerprint density at radius 2 is 2.19 bits per heavy atom. The summed E-state index contributed by atoms with van der Waals surface area (Å²) in [5, 5.41) is 3.34. The van der Waals surface area contributed by atoms with E-state index in [0.717, 1.165) is 36.3 Å². The molecule has 0 radical (unpaired) electrons. The molecule has 2 heterocycles. The summed E-state index contributed by atoms with van der Waals surface area (Å²) in [6.07, 6.45) is 0. The number of oxazole rings is 1. The second kappa shape index (κ2) is 7.71. The van der Waals surface area contributed by atoms with Gasteiger partial charge in [-0.05, 0) is 27.7 Å². The van der Waals surface area contributed by atoms with E-state index >= 15 is 0 Å². The van der Waals surface area contributed by atoms with E-state index in [1.807, 2.05) is 32.7 Å². The predicted octanol–water partition coefficient (Wildman–Crippen LogP) is 2.81. The second-order valence-electron chi connectivity index (χ2n) is 5.68. The van der Waals surface area contributed by atoms with Crippen molar-refractivity contribution in [1.29, 1.82) is 0 Å². The summed E-state index contributed by atoms with van der Waals surface area (Å²) in [6.45, 7) is 11.0. The molecule has 7 heteroatoms. The van der Waals surface area contributed by atoms with Gasteiger partial charge in [-0.3, -0.25) is 4.99 Å². The SMILES string of the molecule is CN=C(NCc1nc(C)c(C)o1)N1CCSC(C)(C)C1.I. The van der Waals surface area contributed by atoms with Crippen molar-refractivity contribution in [2.24, 2.45) is 4.99 Å². The van der Waals surface area contributed by atoms with Gasteiger partial charge in [0, 0.05) is 30.6 Å². The standard InChI is InChI=1S/C14H24N4OS.HI/c1-10-11(2)19-12(17-10)8-16-13(15-5)18-6-7-20-14(3,4)9-18;/h6-9H2,1-5H3,(H,15,16);1H. The Balaban J connectivity index is 0.00000220. The van der Waals surface area contributed by atoms with E-state index in [0.29, 0.717) is 12.4 Å². The Hall–Kier alpha value is -0.440. The Labute approximate surface area is 148 Å². The van der Waals surface area contributed by atoms with Crippen LogP contribution in [0, 0.1) is 13.8 Å². The van der Waals surface area contributed by atoms with Crippen molar-refractivity contribution in [3.05, 3.63) is 17.3 Å². The van der Waals surface area contributed by atoms with Crippen LogP contribution in [0.25, 0.3) is 0 Å². The van der Waals surface area contributed by atoms with E-state index in [1.54, 1.807) is 0 Å². The number of halogens is 1. The average Bonchev–Trinajstić information content (AvgIpc) is 2.68. The predicted molar refractivity (Wildman–Crippen MR) is 99.7 cm³/mol. The maximum absolute atomic E-state index is 5.59. The molecule has 0 aromatic carbocycles. The second-order valence-corrected chi connectivity index (χ2v) is 7.48. The molecule has 1 aromatic heterocycles. The van der Waals surface area contributed by atoms with Gasteiger partial charge in [0.2, 0.25) is 5.89 Å². The molecule has 0 amide bonds. The lowest BCUT2D eigenvalue weighted by molar-refractivity contribution is 0.371. The van der Waals surface area contributed by atoms with Crippen LogP contribution in [0.3, 0.4) is 0 Å². The zero-order valence-corrected chi connectivity index (χ0v) is 16.5. The third kappa shape index (κ3) is 5.05. The lowest BCUT2D eigenvalue weighted by Gasteiger charge is -2.39. The number of nitrogens with one attached hydrogen (secondary N) is 1. The highest BCUT2D eigenvalue weighted by Crippen LogP contribution is 2.29. The lowest BCUT2D eigenvalue weighted by atomic mass is 10.2. The molecule has 1 saturated heterocycles. The maximum Gasteiger partial charge on any atom is 0.214 e. The molecule has 0 aliphatic carbocycles. The summed E-state index contributed by atoms with van der Waals surface area (Å²) in [5.74, 6) is 3.65. The van der Waals surface area contributed by atoms with Crippen LogP contribution in [0.1, 0.15) is 31.2 Å². The monoisotopic (exact) mass is 424 g/mol. The minimum atomic E-state index is 0. The summed E-state index contributed by atoms with van der Waals surface area (Å²) in [6, 6.07) is 0.